The SMILES string of the molecule is CC(=O)OC[C@H]1O[C@@H](n2c[c]([Sn]([CH3])([CH3])[CH3])c(=O)nc2OC(=O)OC(C)(C)C)C(OC(C)=O)C1OC(C)=O. The first kappa shape index (κ1) is 30.5. The van der Waals surface area contributed by atoms with Gasteiger partial charge in [-0.15, -0.1) is 0 Å². The van der Waals surface area contributed by atoms with Crippen molar-refractivity contribution in [3.05, 3.63) is 16.6 Å². The van der Waals surface area contributed by atoms with E-state index >= 15 is 0 Å². The molecule has 2 heterocycles. The monoisotopic (exact) mass is 634 g/mol. The number of nitrogens with zero attached hydrogens (tertiary/aromatic N) is 2. The van der Waals surface area contributed by atoms with Gasteiger partial charge in [0.05, 0.1) is 0 Å². The van der Waals surface area contributed by atoms with E-state index in [-0.39, 0.29) is 6.61 Å². The molecular weight excluding hydrogens is 599 g/mol. The molecule has 1 aromatic heterocycles. The molecule has 0 N–H and O–H groups in total. The fraction of sp³-hybridized carbons (Fsp3) is 0.652. The average molecular weight is 633 g/mol. The van der Waals surface area contributed by atoms with Crippen molar-refractivity contribution in [2.45, 2.75) is 86.5 Å². The zero-order valence-corrected chi connectivity index (χ0v) is 25.3. The molecule has 206 valence electrons. The zero-order valence-electron chi connectivity index (χ0n) is 22.5. The minimum absolute atomic E-state index is 0.331. The van der Waals surface area contributed by atoms with Crippen LogP contribution in [0.1, 0.15) is 47.8 Å². The molecule has 0 amide bonds. The average Bonchev–Trinajstić information content (AvgIpc) is 3.00. The molecule has 1 aliphatic rings. The molecule has 37 heavy (non-hydrogen) atoms. The van der Waals surface area contributed by atoms with Gasteiger partial charge >= 0.3 is 219 Å². The minimum atomic E-state index is -3.11. The van der Waals surface area contributed by atoms with Gasteiger partial charge in [0, 0.05) is 0 Å². The Kier molecular flexibility index (Phi) is 9.74. The third-order valence-corrected chi connectivity index (χ3v) is 10.5. The summed E-state index contributed by atoms with van der Waals surface area (Å²) in [5.41, 5.74) is -1.47. The third-order valence-electron chi connectivity index (χ3n) is 4.90. The van der Waals surface area contributed by atoms with Crippen LogP contribution in [0.4, 0.5) is 4.79 Å². The van der Waals surface area contributed by atoms with Crippen LogP contribution in [0, 0.1) is 0 Å². The van der Waals surface area contributed by atoms with Gasteiger partial charge in [0.2, 0.25) is 0 Å². The van der Waals surface area contributed by atoms with Crippen molar-refractivity contribution in [1.82, 2.24) is 9.55 Å². The van der Waals surface area contributed by atoms with E-state index in [2.05, 4.69) is 4.98 Å². The standard InChI is InChI=1S/C20H25N2O11.3CH3.Sn/c1-10(23)28-9-13-15(29-11(2)24)16(30-12(3)25)17(31-13)22-8-7-14(26)21-18(22)32-19(27)33-20(4,5)6;;;;/h8,13,15-17H,9H2,1-6H3;3*1H3;/t13-,15?,16?,17-;;;;/m1..../s1. The van der Waals surface area contributed by atoms with Gasteiger partial charge in [0.25, 0.3) is 0 Å². The maximum absolute atomic E-state index is 12.9. The van der Waals surface area contributed by atoms with Crippen molar-refractivity contribution in [2.75, 3.05) is 6.61 Å². The Hall–Kier alpha value is -2.68. The van der Waals surface area contributed by atoms with Crippen LogP contribution in [0.3, 0.4) is 0 Å². The number of ether oxygens (including phenoxy) is 6. The van der Waals surface area contributed by atoms with E-state index in [1.54, 1.807) is 20.8 Å². The normalized spacial score (nSPS) is 21.6. The molecule has 0 saturated carbocycles. The van der Waals surface area contributed by atoms with E-state index in [0.717, 1.165) is 13.8 Å². The summed E-state index contributed by atoms with van der Waals surface area (Å²) in [5.74, 6) is -2.03. The molecule has 1 aromatic rings. The fourth-order valence-electron chi connectivity index (χ4n) is 3.49. The second kappa shape index (κ2) is 11.8. The molecule has 0 aromatic carbocycles. The summed E-state index contributed by atoms with van der Waals surface area (Å²) in [6.45, 7) is 8.07. The first-order valence-corrected chi connectivity index (χ1v) is 21.6. The molecule has 0 spiro atoms. The molecule has 1 fully saturated rings. The number of rotatable bonds is 7. The van der Waals surface area contributed by atoms with Crippen LogP contribution in [0.5, 0.6) is 6.01 Å². The fourth-order valence-corrected chi connectivity index (χ4v) is 6.98. The summed E-state index contributed by atoms with van der Waals surface area (Å²) in [4.78, 5) is 70.6. The Labute approximate surface area is 218 Å². The third kappa shape index (κ3) is 8.69. The van der Waals surface area contributed by atoms with Crippen LogP contribution < -0.4 is 13.9 Å². The van der Waals surface area contributed by atoms with Crippen molar-refractivity contribution < 1.29 is 47.6 Å². The van der Waals surface area contributed by atoms with Crippen molar-refractivity contribution in [3.63, 3.8) is 0 Å². The topological polar surface area (TPSA) is 159 Å². The Morgan fingerprint density at radius 3 is 2.05 bits per heavy atom. The molecular formula is C23H34N2O11Sn. The molecule has 1 aliphatic heterocycles. The molecule has 2 unspecified atom stereocenters. The summed E-state index contributed by atoms with van der Waals surface area (Å²) < 4.78 is 34.1. The molecule has 0 bridgehead atoms. The second-order valence-corrected chi connectivity index (χ2v) is 24.9. The zero-order chi connectivity index (χ0) is 28.3. The van der Waals surface area contributed by atoms with Crippen LogP contribution >= 0.6 is 0 Å². The Bertz CT molecular complexity index is 1100. The number of carbonyl (C=O) groups excluding carboxylic acids is 4. The van der Waals surface area contributed by atoms with E-state index in [4.69, 9.17) is 28.4 Å². The quantitative estimate of drug-likeness (QED) is 0.242. The second-order valence-electron chi connectivity index (χ2n) is 10.5. The molecule has 4 atom stereocenters. The predicted octanol–water partition coefficient (Wildman–Crippen LogP) is 1.43. The first-order chi connectivity index (χ1) is 16.9. The number of hydrogen-bond donors (Lipinski definition) is 0. The van der Waals surface area contributed by atoms with Gasteiger partial charge in [-0.05, 0) is 0 Å². The van der Waals surface area contributed by atoms with Gasteiger partial charge in [-0.3, -0.25) is 0 Å². The summed E-state index contributed by atoms with van der Waals surface area (Å²) in [6, 6.07) is -0.476. The Morgan fingerprint density at radius 2 is 1.57 bits per heavy atom. The van der Waals surface area contributed by atoms with Crippen LogP contribution in [-0.2, 0) is 38.1 Å². The van der Waals surface area contributed by atoms with Crippen LogP contribution in [0.2, 0.25) is 14.8 Å². The summed E-state index contributed by atoms with van der Waals surface area (Å²) in [5, 5.41) is 0. The van der Waals surface area contributed by atoms with Crippen LogP contribution in [0.25, 0.3) is 0 Å². The van der Waals surface area contributed by atoms with E-state index in [1.807, 2.05) is 14.8 Å². The van der Waals surface area contributed by atoms with Crippen LogP contribution in [0.15, 0.2) is 11.0 Å². The summed E-state index contributed by atoms with van der Waals surface area (Å²) in [7, 11) is 0. The molecule has 1 saturated heterocycles. The van der Waals surface area contributed by atoms with Gasteiger partial charge in [0.1, 0.15) is 0 Å². The number of carbonyl (C=O) groups is 4. The van der Waals surface area contributed by atoms with Crippen molar-refractivity contribution in [3.8, 4) is 6.01 Å². The van der Waals surface area contributed by atoms with Gasteiger partial charge in [-0.2, -0.15) is 0 Å². The van der Waals surface area contributed by atoms with Crippen molar-refractivity contribution >= 4 is 46.0 Å². The van der Waals surface area contributed by atoms with Gasteiger partial charge in [-0.25, -0.2) is 0 Å². The molecule has 14 heteroatoms. The molecule has 2 rings (SSSR count). The van der Waals surface area contributed by atoms with Crippen LogP contribution in [-0.4, -0.2) is 82.5 Å². The van der Waals surface area contributed by atoms with Gasteiger partial charge in [0.15, 0.2) is 0 Å². The van der Waals surface area contributed by atoms with E-state index < -0.39 is 84.2 Å². The number of esters is 3. The number of hydrogen-bond acceptors (Lipinski definition) is 12. The maximum atomic E-state index is 12.9. The van der Waals surface area contributed by atoms with Gasteiger partial charge in [-0.1, -0.05) is 0 Å². The predicted molar refractivity (Wildman–Crippen MR) is 130 cm³/mol. The number of aromatic nitrogens is 2. The van der Waals surface area contributed by atoms with Crippen molar-refractivity contribution in [1.29, 1.82) is 0 Å². The van der Waals surface area contributed by atoms with E-state index in [9.17, 15) is 24.0 Å². The van der Waals surface area contributed by atoms with E-state index in [1.165, 1.54) is 17.7 Å². The van der Waals surface area contributed by atoms with Crippen molar-refractivity contribution in [2.24, 2.45) is 0 Å². The summed E-state index contributed by atoms with van der Waals surface area (Å²) in [6.07, 6.45) is -4.47. The Balaban J connectivity index is 2.68. The molecule has 0 aliphatic carbocycles. The molecule has 0 radical (unpaired) electrons. The summed E-state index contributed by atoms with van der Waals surface area (Å²) >= 11 is -3.11. The Morgan fingerprint density at radius 1 is 1.00 bits per heavy atom. The van der Waals surface area contributed by atoms with Gasteiger partial charge < -0.3 is 0 Å². The molecule has 13 nitrogen and oxygen atoms in total. The van der Waals surface area contributed by atoms with E-state index in [0.29, 0.717) is 3.58 Å². The first-order valence-electron chi connectivity index (χ1n) is 11.6.